The van der Waals surface area contributed by atoms with E-state index in [0.29, 0.717) is 0 Å². The van der Waals surface area contributed by atoms with Crippen LogP contribution in [0.25, 0.3) is 0 Å². The smallest absolute Gasteiger partial charge is 0.135 e. The first-order valence-electron chi connectivity index (χ1n) is 4.53. The lowest BCUT2D eigenvalue weighted by Gasteiger charge is -2.22. The van der Waals surface area contributed by atoms with Crippen LogP contribution in [0.1, 0.15) is 30.5 Å². The molecule has 0 atom stereocenters. The number of halogens is 1. The zero-order chi connectivity index (χ0) is 11.1. The molecule has 0 heterocycles. The van der Waals surface area contributed by atoms with Gasteiger partial charge in [0.05, 0.1) is 4.47 Å². The zero-order valence-electron chi connectivity index (χ0n) is 8.98. The second-order valence-electron chi connectivity index (χ2n) is 4.25. The van der Waals surface area contributed by atoms with Gasteiger partial charge in [-0.2, -0.15) is 0 Å². The number of hydrogen-bond acceptors (Lipinski definition) is 2. The van der Waals surface area contributed by atoms with E-state index in [9.17, 15) is 5.11 Å². The average molecular weight is 258 g/mol. The molecule has 0 saturated heterocycles. The minimum atomic E-state index is -0.523. The molecule has 0 saturated carbocycles. The van der Waals surface area contributed by atoms with Crippen LogP contribution in [-0.2, 0) is 5.54 Å². The number of phenolic OH excluding ortho intramolecular Hbond substituents is 1. The summed E-state index contributed by atoms with van der Waals surface area (Å²) in [5, 5.41) is 9.91. The van der Waals surface area contributed by atoms with Crippen molar-refractivity contribution in [1.82, 2.24) is 0 Å². The molecule has 0 aliphatic carbocycles. The molecule has 0 aliphatic heterocycles. The van der Waals surface area contributed by atoms with Crippen molar-refractivity contribution in [2.24, 2.45) is 5.73 Å². The van der Waals surface area contributed by atoms with Crippen LogP contribution in [0.15, 0.2) is 10.5 Å². The Morgan fingerprint density at radius 1 is 1.36 bits per heavy atom. The number of nitrogens with two attached hydrogens (primary N) is 1. The molecule has 1 rings (SSSR count). The van der Waals surface area contributed by atoms with Gasteiger partial charge < -0.3 is 10.8 Å². The van der Waals surface area contributed by atoms with Gasteiger partial charge in [-0.05, 0) is 54.8 Å². The van der Waals surface area contributed by atoms with Crippen molar-refractivity contribution in [2.45, 2.75) is 33.2 Å². The summed E-state index contributed by atoms with van der Waals surface area (Å²) < 4.78 is 0.742. The molecular formula is C11H16BrNO. The summed E-state index contributed by atoms with van der Waals surface area (Å²) in [6.45, 7) is 7.73. The third kappa shape index (κ3) is 1.93. The minimum Gasteiger partial charge on any atom is -0.506 e. The van der Waals surface area contributed by atoms with Gasteiger partial charge in [0.15, 0.2) is 0 Å². The normalized spacial score (nSPS) is 11.9. The van der Waals surface area contributed by atoms with Gasteiger partial charge in [0.25, 0.3) is 0 Å². The topological polar surface area (TPSA) is 46.2 Å². The maximum atomic E-state index is 9.91. The Labute approximate surface area is 93.3 Å². The van der Waals surface area contributed by atoms with Gasteiger partial charge in [-0.15, -0.1) is 0 Å². The first kappa shape index (κ1) is 11.5. The quantitative estimate of drug-likeness (QED) is 0.813. The Kier molecular flexibility index (Phi) is 2.93. The van der Waals surface area contributed by atoms with Crippen molar-refractivity contribution in [3.8, 4) is 5.75 Å². The summed E-state index contributed by atoms with van der Waals surface area (Å²) in [5.41, 5.74) is 8.39. The Hall–Kier alpha value is -0.540. The monoisotopic (exact) mass is 257 g/mol. The highest BCUT2D eigenvalue weighted by atomic mass is 79.9. The van der Waals surface area contributed by atoms with Crippen molar-refractivity contribution in [1.29, 1.82) is 0 Å². The molecule has 0 radical (unpaired) electrons. The van der Waals surface area contributed by atoms with Crippen LogP contribution in [0.4, 0.5) is 0 Å². The van der Waals surface area contributed by atoms with Crippen LogP contribution in [0.5, 0.6) is 5.75 Å². The summed E-state index contributed by atoms with van der Waals surface area (Å²) in [7, 11) is 0. The van der Waals surface area contributed by atoms with E-state index in [4.69, 9.17) is 5.73 Å². The molecule has 0 bridgehead atoms. The highest BCUT2D eigenvalue weighted by Crippen LogP contribution is 2.37. The third-order valence-electron chi connectivity index (χ3n) is 2.44. The predicted octanol–water partition coefficient (Wildman–Crippen LogP) is 2.97. The van der Waals surface area contributed by atoms with E-state index < -0.39 is 5.54 Å². The second-order valence-corrected chi connectivity index (χ2v) is 5.04. The molecule has 0 fully saturated rings. The van der Waals surface area contributed by atoms with Crippen LogP contribution in [0, 0.1) is 13.8 Å². The molecule has 0 aromatic heterocycles. The number of phenols is 1. The lowest BCUT2D eigenvalue weighted by molar-refractivity contribution is 0.436. The minimum absolute atomic E-state index is 0.251. The van der Waals surface area contributed by atoms with Gasteiger partial charge in [0, 0.05) is 11.1 Å². The summed E-state index contributed by atoms with van der Waals surface area (Å²) in [4.78, 5) is 0. The number of aromatic hydroxyl groups is 1. The number of aryl methyl sites for hydroxylation is 1. The van der Waals surface area contributed by atoms with E-state index in [1.807, 2.05) is 33.8 Å². The molecule has 1 aromatic rings. The van der Waals surface area contributed by atoms with Crippen LogP contribution < -0.4 is 5.73 Å². The van der Waals surface area contributed by atoms with Crippen molar-refractivity contribution >= 4 is 15.9 Å². The summed E-state index contributed by atoms with van der Waals surface area (Å²) >= 11 is 3.37. The fraction of sp³-hybridized carbons (Fsp3) is 0.455. The fourth-order valence-electron chi connectivity index (χ4n) is 1.35. The zero-order valence-corrected chi connectivity index (χ0v) is 10.6. The van der Waals surface area contributed by atoms with Gasteiger partial charge in [-0.25, -0.2) is 0 Å². The van der Waals surface area contributed by atoms with Gasteiger partial charge in [0.2, 0.25) is 0 Å². The summed E-state index contributed by atoms with van der Waals surface area (Å²) in [6.07, 6.45) is 0. The first-order chi connectivity index (χ1) is 6.25. The van der Waals surface area contributed by atoms with E-state index >= 15 is 0 Å². The molecule has 2 nitrogen and oxygen atoms in total. The maximum Gasteiger partial charge on any atom is 0.135 e. The van der Waals surface area contributed by atoms with Gasteiger partial charge in [-0.3, -0.25) is 0 Å². The highest BCUT2D eigenvalue weighted by molar-refractivity contribution is 9.10. The van der Waals surface area contributed by atoms with E-state index in [2.05, 4.69) is 15.9 Å². The average Bonchev–Trinajstić information content (AvgIpc) is 2.06. The Morgan fingerprint density at radius 3 is 2.29 bits per heavy atom. The second kappa shape index (κ2) is 3.55. The van der Waals surface area contributed by atoms with E-state index in [0.717, 1.165) is 21.2 Å². The highest BCUT2D eigenvalue weighted by Gasteiger charge is 2.21. The van der Waals surface area contributed by atoms with Gasteiger partial charge in [0.1, 0.15) is 5.75 Å². The molecule has 14 heavy (non-hydrogen) atoms. The SMILES string of the molecule is Cc1cc(C(C)(C)N)c(O)c(Br)c1C. The molecule has 3 heteroatoms. The summed E-state index contributed by atoms with van der Waals surface area (Å²) in [5.74, 6) is 0.251. The van der Waals surface area contributed by atoms with Gasteiger partial charge >= 0.3 is 0 Å². The lowest BCUT2D eigenvalue weighted by atomic mass is 9.91. The number of benzene rings is 1. The Morgan fingerprint density at radius 2 is 1.86 bits per heavy atom. The molecular weight excluding hydrogens is 242 g/mol. The maximum absolute atomic E-state index is 9.91. The molecule has 3 N–H and O–H groups in total. The molecule has 0 amide bonds. The third-order valence-corrected chi connectivity index (χ3v) is 3.41. The fourth-order valence-corrected chi connectivity index (χ4v) is 1.88. The van der Waals surface area contributed by atoms with E-state index in [1.54, 1.807) is 0 Å². The molecule has 1 aromatic carbocycles. The van der Waals surface area contributed by atoms with Crippen LogP contribution >= 0.6 is 15.9 Å². The van der Waals surface area contributed by atoms with E-state index in [-0.39, 0.29) is 5.75 Å². The number of rotatable bonds is 1. The predicted molar refractivity (Wildman–Crippen MR) is 62.5 cm³/mol. The summed E-state index contributed by atoms with van der Waals surface area (Å²) in [6, 6.07) is 1.94. The van der Waals surface area contributed by atoms with Crippen LogP contribution in [-0.4, -0.2) is 5.11 Å². The molecule has 0 unspecified atom stereocenters. The Bertz CT molecular complexity index is 367. The standard InChI is InChI=1S/C11H16BrNO/c1-6-5-8(11(3,4)13)10(14)9(12)7(6)2/h5,14H,13H2,1-4H3. The largest absolute Gasteiger partial charge is 0.506 e. The van der Waals surface area contributed by atoms with Crippen molar-refractivity contribution in [3.05, 3.63) is 27.2 Å². The van der Waals surface area contributed by atoms with E-state index in [1.165, 1.54) is 0 Å². The first-order valence-corrected chi connectivity index (χ1v) is 5.32. The number of hydrogen-bond donors (Lipinski definition) is 2. The molecule has 0 aliphatic rings. The molecule has 0 spiro atoms. The van der Waals surface area contributed by atoms with Crippen molar-refractivity contribution < 1.29 is 5.11 Å². The van der Waals surface area contributed by atoms with Crippen LogP contribution in [0.2, 0.25) is 0 Å². The molecule has 78 valence electrons. The lowest BCUT2D eigenvalue weighted by Crippen LogP contribution is -2.29. The Balaban J connectivity index is 3.49. The van der Waals surface area contributed by atoms with Crippen molar-refractivity contribution in [3.63, 3.8) is 0 Å². The van der Waals surface area contributed by atoms with Gasteiger partial charge in [-0.1, -0.05) is 6.07 Å². The van der Waals surface area contributed by atoms with Crippen molar-refractivity contribution in [2.75, 3.05) is 0 Å². The van der Waals surface area contributed by atoms with Crippen LogP contribution in [0.3, 0.4) is 0 Å².